The van der Waals surface area contributed by atoms with Crippen molar-refractivity contribution in [1.29, 1.82) is 0 Å². The number of carbonyl (C=O) groups is 1. The molecule has 0 bridgehead atoms. The van der Waals surface area contributed by atoms with Crippen molar-refractivity contribution >= 4 is 17.7 Å². The van der Waals surface area contributed by atoms with Gasteiger partial charge in [0.25, 0.3) is 0 Å². The molecule has 0 saturated carbocycles. The van der Waals surface area contributed by atoms with Crippen LogP contribution in [-0.2, 0) is 4.79 Å². The van der Waals surface area contributed by atoms with Crippen molar-refractivity contribution in [3.63, 3.8) is 0 Å². The summed E-state index contributed by atoms with van der Waals surface area (Å²) in [6.07, 6.45) is 9.01. The molecule has 0 spiro atoms. The van der Waals surface area contributed by atoms with Crippen LogP contribution in [0, 0.1) is 0 Å². The van der Waals surface area contributed by atoms with E-state index in [-0.39, 0.29) is 11.9 Å². The summed E-state index contributed by atoms with van der Waals surface area (Å²) in [5, 5.41) is 3.14. The molecule has 1 atom stereocenters. The molecule has 2 rings (SSSR count). The highest BCUT2D eigenvalue weighted by atomic mass is 32.2. The highest BCUT2D eigenvalue weighted by molar-refractivity contribution is 7.99. The number of carbonyl (C=O) groups excluding carboxylic acids is 1. The number of benzene rings is 1. The van der Waals surface area contributed by atoms with Crippen LogP contribution in [0.1, 0.15) is 70.4 Å². The van der Waals surface area contributed by atoms with E-state index in [1.54, 1.807) is 0 Å². The summed E-state index contributed by atoms with van der Waals surface area (Å²) in [4.78, 5) is 15.8. The molecule has 1 fully saturated rings. The number of amides is 1. The first-order chi connectivity index (χ1) is 12.2. The molecule has 4 heteroatoms. The molecular formula is C21H34N2OS. The van der Waals surface area contributed by atoms with Gasteiger partial charge in [-0.2, -0.15) is 0 Å². The van der Waals surface area contributed by atoms with Gasteiger partial charge in [-0.3, -0.25) is 9.69 Å². The van der Waals surface area contributed by atoms with Gasteiger partial charge in [-0.1, -0.05) is 44.7 Å². The largest absolute Gasteiger partial charge is 0.348 e. The van der Waals surface area contributed by atoms with E-state index in [1.165, 1.54) is 61.2 Å². The first-order valence-electron chi connectivity index (χ1n) is 9.93. The van der Waals surface area contributed by atoms with Crippen molar-refractivity contribution in [2.45, 2.75) is 69.7 Å². The maximum Gasteiger partial charge on any atom is 0.234 e. The van der Waals surface area contributed by atoms with Crippen LogP contribution in [-0.4, -0.2) is 36.2 Å². The van der Waals surface area contributed by atoms with Crippen LogP contribution >= 0.6 is 11.8 Å². The molecule has 1 heterocycles. The Kier molecular flexibility index (Phi) is 9.41. The lowest BCUT2D eigenvalue weighted by atomic mass is 10.1. The maximum absolute atomic E-state index is 12.2. The number of piperidine rings is 1. The molecule has 25 heavy (non-hydrogen) atoms. The molecule has 1 unspecified atom stereocenters. The lowest BCUT2D eigenvalue weighted by Crippen LogP contribution is -2.40. The average Bonchev–Trinajstić information content (AvgIpc) is 2.63. The fourth-order valence-corrected chi connectivity index (χ4v) is 4.18. The van der Waals surface area contributed by atoms with Gasteiger partial charge in [0.2, 0.25) is 5.91 Å². The van der Waals surface area contributed by atoms with Crippen LogP contribution in [0.3, 0.4) is 0 Å². The zero-order chi connectivity index (χ0) is 17.9. The third kappa shape index (κ3) is 7.83. The summed E-state index contributed by atoms with van der Waals surface area (Å²) in [6, 6.07) is 8.75. The summed E-state index contributed by atoms with van der Waals surface area (Å²) in [5.41, 5.74) is 1.18. The number of rotatable bonds is 10. The summed E-state index contributed by atoms with van der Waals surface area (Å²) in [6.45, 7) is 6.98. The van der Waals surface area contributed by atoms with Crippen molar-refractivity contribution in [3.8, 4) is 0 Å². The molecule has 1 saturated heterocycles. The Labute approximate surface area is 157 Å². The Morgan fingerprint density at radius 1 is 1.12 bits per heavy atom. The van der Waals surface area contributed by atoms with Crippen molar-refractivity contribution in [3.05, 3.63) is 29.8 Å². The quantitative estimate of drug-likeness (QED) is 0.468. The first-order valence-corrected chi connectivity index (χ1v) is 10.9. The number of nitrogens with zero attached hydrogens (tertiary/aromatic N) is 1. The van der Waals surface area contributed by atoms with E-state index in [0.717, 1.165) is 13.1 Å². The van der Waals surface area contributed by atoms with Gasteiger partial charge in [0.15, 0.2) is 0 Å². The molecule has 1 aromatic rings. The SMILES string of the molecule is CCCCCCSc1ccc(C(C)NC(=O)CN2CCCCC2)cc1. The van der Waals surface area contributed by atoms with Gasteiger partial charge in [-0.25, -0.2) is 0 Å². The number of nitrogens with one attached hydrogen (secondary N) is 1. The minimum absolute atomic E-state index is 0.0703. The second-order valence-electron chi connectivity index (χ2n) is 7.10. The van der Waals surface area contributed by atoms with Gasteiger partial charge in [0.1, 0.15) is 0 Å². The van der Waals surface area contributed by atoms with E-state index in [2.05, 4.69) is 48.3 Å². The van der Waals surface area contributed by atoms with Crippen LogP contribution in [0.2, 0.25) is 0 Å². The van der Waals surface area contributed by atoms with Crippen LogP contribution in [0.15, 0.2) is 29.2 Å². The van der Waals surface area contributed by atoms with Crippen LogP contribution < -0.4 is 5.32 Å². The van der Waals surface area contributed by atoms with Crippen LogP contribution in [0.25, 0.3) is 0 Å². The van der Waals surface area contributed by atoms with Crippen LogP contribution in [0.5, 0.6) is 0 Å². The molecule has 1 aromatic carbocycles. The lowest BCUT2D eigenvalue weighted by molar-refractivity contribution is -0.123. The summed E-state index contributed by atoms with van der Waals surface area (Å²) < 4.78 is 0. The zero-order valence-corrected chi connectivity index (χ0v) is 16.7. The molecule has 140 valence electrons. The fraction of sp³-hybridized carbons (Fsp3) is 0.667. The summed E-state index contributed by atoms with van der Waals surface area (Å²) in [7, 11) is 0. The molecule has 0 aliphatic carbocycles. The Bertz CT molecular complexity index is 497. The molecule has 0 aromatic heterocycles. The molecule has 0 radical (unpaired) electrons. The number of hydrogen-bond donors (Lipinski definition) is 1. The average molecular weight is 363 g/mol. The van der Waals surface area contributed by atoms with Gasteiger partial charge in [0, 0.05) is 4.90 Å². The van der Waals surface area contributed by atoms with E-state index in [1.807, 2.05) is 11.8 Å². The number of unbranched alkanes of at least 4 members (excludes halogenated alkanes) is 3. The highest BCUT2D eigenvalue weighted by Gasteiger charge is 2.15. The third-order valence-corrected chi connectivity index (χ3v) is 5.94. The summed E-state index contributed by atoms with van der Waals surface area (Å²) >= 11 is 1.93. The third-order valence-electron chi connectivity index (χ3n) is 4.84. The molecule has 1 aliphatic rings. The van der Waals surface area contributed by atoms with Crippen molar-refractivity contribution in [2.75, 3.05) is 25.4 Å². The second-order valence-corrected chi connectivity index (χ2v) is 8.27. The van der Waals surface area contributed by atoms with Gasteiger partial charge in [-0.15, -0.1) is 11.8 Å². The number of likely N-dealkylation sites (tertiary alicyclic amines) is 1. The van der Waals surface area contributed by atoms with E-state index < -0.39 is 0 Å². The standard InChI is InChI=1S/C21H34N2OS/c1-3-4-5-9-16-25-20-12-10-19(11-13-20)18(2)22-21(24)17-23-14-7-6-8-15-23/h10-13,18H,3-9,14-17H2,1-2H3,(H,22,24). The Hall–Kier alpha value is -1.00. The minimum atomic E-state index is 0.0703. The number of thioether (sulfide) groups is 1. The maximum atomic E-state index is 12.2. The van der Waals surface area contributed by atoms with E-state index in [9.17, 15) is 4.79 Å². The topological polar surface area (TPSA) is 32.3 Å². The van der Waals surface area contributed by atoms with Gasteiger partial charge >= 0.3 is 0 Å². The number of hydrogen-bond acceptors (Lipinski definition) is 3. The predicted molar refractivity (Wildman–Crippen MR) is 108 cm³/mol. The predicted octanol–water partition coefficient (Wildman–Crippen LogP) is 5.02. The van der Waals surface area contributed by atoms with Crippen molar-refractivity contribution in [1.82, 2.24) is 10.2 Å². The molecular weight excluding hydrogens is 328 g/mol. The highest BCUT2D eigenvalue weighted by Crippen LogP contribution is 2.22. The Morgan fingerprint density at radius 2 is 1.84 bits per heavy atom. The fourth-order valence-electron chi connectivity index (χ4n) is 3.26. The van der Waals surface area contributed by atoms with Crippen molar-refractivity contribution in [2.24, 2.45) is 0 Å². The second kappa shape index (κ2) is 11.6. The van der Waals surface area contributed by atoms with E-state index >= 15 is 0 Å². The molecule has 3 nitrogen and oxygen atoms in total. The zero-order valence-electron chi connectivity index (χ0n) is 15.9. The van der Waals surface area contributed by atoms with Crippen LogP contribution in [0.4, 0.5) is 0 Å². The molecule has 1 amide bonds. The Balaban J connectivity index is 1.71. The Morgan fingerprint density at radius 3 is 2.52 bits per heavy atom. The van der Waals surface area contributed by atoms with Gasteiger partial charge < -0.3 is 5.32 Å². The normalized spacial score (nSPS) is 16.6. The summed E-state index contributed by atoms with van der Waals surface area (Å²) in [5.74, 6) is 1.34. The van der Waals surface area contributed by atoms with Crippen molar-refractivity contribution < 1.29 is 4.79 Å². The van der Waals surface area contributed by atoms with E-state index in [4.69, 9.17) is 0 Å². The monoisotopic (exact) mass is 362 g/mol. The smallest absolute Gasteiger partial charge is 0.234 e. The van der Waals surface area contributed by atoms with Gasteiger partial charge in [0.05, 0.1) is 12.6 Å². The molecule has 1 N–H and O–H groups in total. The minimum Gasteiger partial charge on any atom is -0.348 e. The molecule has 1 aliphatic heterocycles. The van der Waals surface area contributed by atoms with E-state index in [0.29, 0.717) is 6.54 Å². The lowest BCUT2D eigenvalue weighted by Gasteiger charge is -2.26. The van der Waals surface area contributed by atoms with Gasteiger partial charge in [-0.05, 0) is 62.7 Å². The first kappa shape index (κ1) is 20.3.